The number of ether oxygens (including phenoxy) is 1. The maximum Gasteiger partial charge on any atom is 0.214 e. The van der Waals surface area contributed by atoms with E-state index < -0.39 is 0 Å². The van der Waals surface area contributed by atoms with E-state index in [1.165, 1.54) is 5.56 Å². The summed E-state index contributed by atoms with van der Waals surface area (Å²) in [6.07, 6.45) is 2.31. The standard InChI is InChI=1S/C19H23BrN2O/c1-14-13-17(23-19-10-6-9-18(20)21-19)11-12-22(14)15(2)16-7-4-3-5-8-16/h3-10,14-15,17H,11-13H2,1-2H3/t14-,15+,17?/m1/s1. The van der Waals surface area contributed by atoms with Gasteiger partial charge in [-0.3, -0.25) is 4.90 Å². The van der Waals surface area contributed by atoms with Crippen molar-refractivity contribution in [1.82, 2.24) is 9.88 Å². The molecule has 3 atom stereocenters. The van der Waals surface area contributed by atoms with E-state index in [1.807, 2.05) is 18.2 Å². The molecule has 1 unspecified atom stereocenters. The Kier molecular flexibility index (Phi) is 5.34. The van der Waals surface area contributed by atoms with Gasteiger partial charge in [-0.1, -0.05) is 36.4 Å². The summed E-state index contributed by atoms with van der Waals surface area (Å²) in [5.74, 6) is 0.709. The first-order chi connectivity index (χ1) is 11.1. The fraction of sp³-hybridized carbons (Fsp3) is 0.421. The Morgan fingerprint density at radius 3 is 2.65 bits per heavy atom. The molecule has 4 heteroatoms. The molecule has 0 spiro atoms. The van der Waals surface area contributed by atoms with Crippen molar-refractivity contribution in [2.24, 2.45) is 0 Å². The molecule has 0 saturated carbocycles. The van der Waals surface area contributed by atoms with Crippen LogP contribution in [0, 0.1) is 0 Å². The molecule has 0 N–H and O–H groups in total. The smallest absolute Gasteiger partial charge is 0.214 e. The molecule has 1 saturated heterocycles. The van der Waals surface area contributed by atoms with Crippen LogP contribution >= 0.6 is 15.9 Å². The minimum absolute atomic E-state index is 0.242. The van der Waals surface area contributed by atoms with Gasteiger partial charge in [-0.15, -0.1) is 0 Å². The molecular weight excluding hydrogens is 352 g/mol. The zero-order chi connectivity index (χ0) is 16.2. The van der Waals surface area contributed by atoms with Gasteiger partial charge in [-0.25, -0.2) is 4.98 Å². The topological polar surface area (TPSA) is 25.4 Å². The summed E-state index contributed by atoms with van der Waals surface area (Å²) in [6.45, 7) is 5.64. The lowest BCUT2D eigenvalue weighted by molar-refractivity contribution is 0.0379. The average molecular weight is 375 g/mol. The largest absolute Gasteiger partial charge is 0.474 e. The number of hydrogen-bond acceptors (Lipinski definition) is 3. The molecule has 0 amide bonds. The Hall–Kier alpha value is -1.39. The molecule has 0 radical (unpaired) electrons. The van der Waals surface area contributed by atoms with Crippen LogP contribution in [0.1, 0.15) is 38.3 Å². The summed E-state index contributed by atoms with van der Waals surface area (Å²) in [7, 11) is 0. The highest BCUT2D eigenvalue weighted by atomic mass is 79.9. The predicted molar refractivity (Wildman–Crippen MR) is 96.6 cm³/mol. The molecule has 1 fully saturated rings. The number of aromatic nitrogens is 1. The number of nitrogens with zero attached hydrogens (tertiary/aromatic N) is 2. The van der Waals surface area contributed by atoms with Crippen molar-refractivity contribution in [2.45, 2.75) is 44.9 Å². The predicted octanol–water partition coefficient (Wildman–Crippen LogP) is 4.84. The van der Waals surface area contributed by atoms with Gasteiger partial charge in [0, 0.05) is 24.7 Å². The van der Waals surface area contributed by atoms with Crippen molar-refractivity contribution in [3.05, 3.63) is 58.7 Å². The van der Waals surface area contributed by atoms with Crippen LogP contribution in [0.25, 0.3) is 0 Å². The van der Waals surface area contributed by atoms with Crippen LogP contribution in [0.15, 0.2) is 53.1 Å². The summed E-state index contributed by atoms with van der Waals surface area (Å²) >= 11 is 3.39. The van der Waals surface area contributed by atoms with E-state index in [4.69, 9.17) is 4.74 Å². The molecule has 3 nitrogen and oxygen atoms in total. The molecule has 0 bridgehead atoms. The fourth-order valence-electron chi connectivity index (χ4n) is 3.38. The molecule has 1 aliphatic heterocycles. The first-order valence-corrected chi connectivity index (χ1v) is 9.02. The number of benzene rings is 1. The summed E-state index contributed by atoms with van der Waals surface area (Å²) < 4.78 is 6.89. The fourth-order valence-corrected chi connectivity index (χ4v) is 3.71. The van der Waals surface area contributed by atoms with Crippen molar-refractivity contribution in [3.63, 3.8) is 0 Å². The molecular formula is C19H23BrN2O. The first kappa shape index (κ1) is 16.5. The van der Waals surface area contributed by atoms with Gasteiger partial charge in [0.25, 0.3) is 0 Å². The van der Waals surface area contributed by atoms with Gasteiger partial charge in [-0.05, 0) is 54.2 Å². The molecule has 23 heavy (non-hydrogen) atoms. The van der Waals surface area contributed by atoms with Gasteiger partial charge in [0.15, 0.2) is 0 Å². The molecule has 3 rings (SSSR count). The highest BCUT2D eigenvalue weighted by Gasteiger charge is 2.30. The zero-order valence-electron chi connectivity index (χ0n) is 13.7. The lowest BCUT2D eigenvalue weighted by atomic mass is 9.96. The van der Waals surface area contributed by atoms with Crippen LogP contribution in [-0.4, -0.2) is 28.6 Å². The molecule has 122 valence electrons. The molecule has 0 aliphatic carbocycles. The van der Waals surface area contributed by atoms with Crippen LogP contribution in [0.5, 0.6) is 5.88 Å². The highest BCUT2D eigenvalue weighted by molar-refractivity contribution is 9.10. The van der Waals surface area contributed by atoms with Crippen LogP contribution in [0.2, 0.25) is 0 Å². The molecule has 2 aromatic rings. The summed E-state index contributed by atoms with van der Waals surface area (Å²) in [6, 6.07) is 17.5. The van der Waals surface area contributed by atoms with Gasteiger partial charge >= 0.3 is 0 Å². The Morgan fingerprint density at radius 2 is 1.96 bits per heavy atom. The maximum atomic E-state index is 6.07. The second kappa shape index (κ2) is 7.45. The van der Waals surface area contributed by atoms with Gasteiger partial charge in [0.1, 0.15) is 10.7 Å². The van der Waals surface area contributed by atoms with Crippen molar-refractivity contribution in [3.8, 4) is 5.88 Å². The van der Waals surface area contributed by atoms with E-state index in [2.05, 4.69) is 70.0 Å². The Balaban J connectivity index is 1.61. The van der Waals surface area contributed by atoms with Crippen LogP contribution < -0.4 is 4.74 Å². The van der Waals surface area contributed by atoms with E-state index in [-0.39, 0.29) is 6.10 Å². The summed E-state index contributed by atoms with van der Waals surface area (Å²) in [4.78, 5) is 6.95. The van der Waals surface area contributed by atoms with Gasteiger partial charge in [0.2, 0.25) is 5.88 Å². The van der Waals surface area contributed by atoms with E-state index >= 15 is 0 Å². The van der Waals surface area contributed by atoms with Crippen molar-refractivity contribution in [2.75, 3.05) is 6.54 Å². The molecule has 2 heterocycles. The van der Waals surface area contributed by atoms with Crippen molar-refractivity contribution in [1.29, 1.82) is 0 Å². The minimum Gasteiger partial charge on any atom is -0.474 e. The van der Waals surface area contributed by atoms with E-state index in [0.29, 0.717) is 18.0 Å². The number of rotatable bonds is 4. The van der Waals surface area contributed by atoms with E-state index in [9.17, 15) is 0 Å². The monoisotopic (exact) mass is 374 g/mol. The van der Waals surface area contributed by atoms with Crippen LogP contribution in [0.3, 0.4) is 0 Å². The highest BCUT2D eigenvalue weighted by Crippen LogP contribution is 2.29. The van der Waals surface area contributed by atoms with Gasteiger partial charge in [0.05, 0.1) is 0 Å². The van der Waals surface area contributed by atoms with Gasteiger partial charge in [-0.2, -0.15) is 0 Å². The van der Waals surface area contributed by atoms with Crippen LogP contribution in [0.4, 0.5) is 0 Å². The number of pyridine rings is 1. The van der Waals surface area contributed by atoms with Crippen molar-refractivity contribution < 1.29 is 4.74 Å². The third-order valence-corrected chi connectivity index (χ3v) is 5.08. The number of likely N-dealkylation sites (tertiary alicyclic amines) is 1. The Bertz CT molecular complexity index is 634. The summed E-state index contributed by atoms with van der Waals surface area (Å²) in [5, 5.41) is 0. The lowest BCUT2D eigenvalue weighted by Gasteiger charge is -2.41. The normalized spacial score (nSPS) is 23.4. The van der Waals surface area contributed by atoms with Gasteiger partial charge < -0.3 is 4.74 Å². The third kappa shape index (κ3) is 4.12. The quantitative estimate of drug-likeness (QED) is 0.716. The lowest BCUT2D eigenvalue weighted by Crippen LogP contribution is -2.45. The SMILES string of the molecule is C[C@@H]1CC(Oc2cccc(Br)n2)CCN1[C@@H](C)c1ccccc1. The Labute approximate surface area is 146 Å². The number of piperidine rings is 1. The van der Waals surface area contributed by atoms with Crippen LogP contribution in [-0.2, 0) is 0 Å². The number of halogens is 1. The van der Waals surface area contributed by atoms with Crippen molar-refractivity contribution >= 4 is 15.9 Å². The second-order valence-electron chi connectivity index (χ2n) is 6.24. The van der Waals surface area contributed by atoms with E-state index in [0.717, 1.165) is 24.0 Å². The summed E-state index contributed by atoms with van der Waals surface area (Å²) in [5.41, 5.74) is 1.38. The zero-order valence-corrected chi connectivity index (χ0v) is 15.2. The minimum atomic E-state index is 0.242. The van der Waals surface area contributed by atoms with E-state index in [1.54, 1.807) is 0 Å². The molecule has 1 aromatic heterocycles. The molecule has 1 aromatic carbocycles. The average Bonchev–Trinajstić information content (AvgIpc) is 2.55. The molecule has 1 aliphatic rings. The first-order valence-electron chi connectivity index (χ1n) is 8.23. The second-order valence-corrected chi connectivity index (χ2v) is 7.05. The Morgan fingerprint density at radius 1 is 1.17 bits per heavy atom. The maximum absolute atomic E-state index is 6.07. The third-order valence-electron chi connectivity index (χ3n) is 4.64. The number of hydrogen-bond donors (Lipinski definition) is 0.